The van der Waals surface area contributed by atoms with Crippen LogP contribution in [0.2, 0.25) is 5.02 Å². The zero-order valence-corrected chi connectivity index (χ0v) is 16.1. The van der Waals surface area contributed by atoms with Gasteiger partial charge in [-0.15, -0.1) is 0 Å². The zero-order valence-electron chi connectivity index (χ0n) is 14.5. The Morgan fingerprint density at radius 1 is 1.16 bits per heavy atom. The number of rotatable bonds is 5. The summed E-state index contributed by atoms with van der Waals surface area (Å²) in [5.74, 6) is -0.597. The molecule has 1 unspecified atom stereocenters. The molecule has 0 aliphatic heterocycles. The lowest BCUT2D eigenvalue weighted by Gasteiger charge is -2.17. The first-order valence-corrected chi connectivity index (χ1v) is 9.45. The Morgan fingerprint density at radius 2 is 1.80 bits per heavy atom. The number of halogens is 1. The van der Waals surface area contributed by atoms with Gasteiger partial charge in [-0.25, -0.2) is 17.5 Å². The molecule has 0 radical (unpaired) electrons. The van der Waals surface area contributed by atoms with Gasteiger partial charge in [0.25, 0.3) is 0 Å². The molecule has 0 aromatic heterocycles. The molecule has 5 nitrogen and oxygen atoms in total. The fourth-order valence-corrected chi connectivity index (χ4v) is 3.50. The van der Waals surface area contributed by atoms with Gasteiger partial charge in [-0.2, -0.15) is 0 Å². The average molecular weight is 382 g/mol. The van der Waals surface area contributed by atoms with Crippen molar-refractivity contribution in [2.24, 2.45) is 0 Å². The summed E-state index contributed by atoms with van der Waals surface area (Å²) in [7, 11) is -0.758. The number of aryl methyl sites for hydroxylation is 1. The standard InChI is InChI=1S/C18H20ClNO4S/c1-12-9-10-14(25(22,23)20(3)4)11-16(12)18(21)24-13(2)15-7-5-6-8-17(15)19/h5-11,13H,1-4H3. The maximum absolute atomic E-state index is 12.5. The van der Waals surface area contributed by atoms with Crippen molar-refractivity contribution in [1.29, 1.82) is 0 Å². The lowest BCUT2D eigenvalue weighted by molar-refractivity contribution is 0.0337. The number of hydrogen-bond acceptors (Lipinski definition) is 4. The Kier molecular flexibility index (Phi) is 5.87. The van der Waals surface area contributed by atoms with Crippen LogP contribution in [0.1, 0.15) is 34.5 Å². The van der Waals surface area contributed by atoms with Crippen LogP contribution in [0.15, 0.2) is 47.4 Å². The first-order valence-electron chi connectivity index (χ1n) is 7.63. The van der Waals surface area contributed by atoms with Gasteiger partial charge in [-0.1, -0.05) is 35.9 Å². The van der Waals surface area contributed by atoms with Crippen LogP contribution in [0.25, 0.3) is 0 Å². The van der Waals surface area contributed by atoms with Crippen molar-refractivity contribution in [3.63, 3.8) is 0 Å². The second-order valence-electron chi connectivity index (χ2n) is 5.83. The van der Waals surface area contributed by atoms with Crippen LogP contribution in [0.4, 0.5) is 0 Å². The topological polar surface area (TPSA) is 63.7 Å². The summed E-state index contributed by atoms with van der Waals surface area (Å²) < 4.78 is 31.1. The molecule has 0 aliphatic carbocycles. The van der Waals surface area contributed by atoms with Gasteiger partial charge < -0.3 is 4.74 Å². The maximum Gasteiger partial charge on any atom is 0.339 e. The summed E-state index contributed by atoms with van der Waals surface area (Å²) in [5.41, 5.74) is 1.53. The highest BCUT2D eigenvalue weighted by Gasteiger charge is 2.22. The van der Waals surface area contributed by atoms with Crippen LogP contribution in [0, 0.1) is 6.92 Å². The predicted octanol–water partition coefficient (Wildman–Crippen LogP) is 3.82. The van der Waals surface area contributed by atoms with Gasteiger partial charge in [0.15, 0.2) is 0 Å². The molecule has 2 aromatic rings. The van der Waals surface area contributed by atoms with Crippen LogP contribution in [0.3, 0.4) is 0 Å². The van der Waals surface area contributed by atoms with Crippen LogP contribution in [-0.4, -0.2) is 32.8 Å². The van der Waals surface area contributed by atoms with Crippen molar-refractivity contribution >= 4 is 27.6 Å². The van der Waals surface area contributed by atoms with Crippen molar-refractivity contribution in [2.75, 3.05) is 14.1 Å². The highest BCUT2D eigenvalue weighted by atomic mass is 35.5. The molecule has 0 spiro atoms. The molecule has 0 fully saturated rings. The van der Waals surface area contributed by atoms with Crippen molar-refractivity contribution < 1.29 is 17.9 Å². The van der Waals surface area contributed by atoms with E-state index in [1.165, 1.54) is 26.2 Å². The lowest BCUT2D eigenvalue weighted by Crippen LogP contribution is -2.22. The number of benzene rings is 2. The SMILES string of the molecule is Cc1ccc(S(=O)(=O)N(C)C)cc1C(=O)OC(C)c1ccccc1Cl. The predicted molar refractivity (Wildman–Crippen MR) is 97.3 cm³/mol. The number of esters is 1. The Morgan fingerprint density at radius 3 is 2.40 bits per heavy atom. The minimum atomic E-state index is -3.63. The van der Waals surface area contributed by atoms with E-state index in [4.69, 9.17) is 16.3 Å². The van der Waals surface area contributed by atoms with Crippen molar-refractivity contribution in [3.8, 4) is 0 Å². The first-order chi connectivity index (χ1) is 11.6. The largest absolute Gasteiger partial charge is 0.454 e. The number of hydrogen-bond donors (Lipinski definition) is 0. The summed E-state index contributed by atoms with van der Waals surface area (Å²) in [6, 6.07) is 11.5. The zero-order chi connectivity index (χ0) is 18.8. The minimum Gasteiger partial charge on any atom is -0.454 e. The molecule has 0 saturated heterocycles. The van der Waals surface area contributed by atoms with Gasteiger partial charge in [-0.05, 0) is 37.6 Å². The molecule has 2 aromatic carbocycles. The summed E-state index contributed by atoms with van der Waals surface area (Å²) in [4.78, 5) is 12.6. The minimum absolute atomic E-state index is 0.0421. The molecule has 1 atom stereocenters. The molecule has 0 saturated carbocycles. The summed E-state index contributed by atoms with van der Waals surface area (Å²) in [5, 5.41) is 0.503. The highest BCUT2D eigenvalue weighted by molar-refractivity contribution is 7.89. The molecular weight excluding hydrogens is 362 g/mol. The Bertz CT molecular complexity index is 894. The van der Waals surface area contributed by atoms with E-state index in [1.807, 2.05) is 0 Å². The van der Waals surface area contributed by atoms with Gasteiger partial charge in [0.2, 0.25) is 10.0 Å². The summed E-state index contributed by atoms with van der Waals surface area (Å²) in [6.45, 7) is 3.44. The molecule has 2 rings (SSSR count). The van der Waals surface area contributed by atoms with E-state index in [2.05, 4.69) is 0 Å². The van der Waals surface area contributed by atoms with E-state index in [-0.39, 0.29) is 10.5 Å². The van der Waals surface area contributed by atoms with Crippen LogP contribution in [0.5, 0.6) is 0 Å². The molecule has 0 N–H and O–H groups in total. The molecule has 25 heavy (non-hydrogen) atoms. The Hall–Kier alpha value is -1.89. The van der Waals surface area contributed by atoms with E-state index in [0.29, 0.717) is 16.1 Å². The van der Waals surface area contributed by atoms with Crippen LogP contribution >= 0.6 is 11.6 Å². The first kappa shape index (κ1) is 19.4. The summed E-state index contributed by atoms with van der Waals surface area (Å²) >= 11 is 6.12. The lowest BCUT2D eigenvalue weighted by atomic mass is 10.1. The molecule has 0 heterocycles. The van der Waals surface area contributed by atoms with Crippen LogP contribution < -0.4 is 0 Å². The van der Waals surface area contributed by atoms with Gasteiger partial charge >= 0.3 is 5.97 Å². The third kappa shape index (κ3) is 4.21. The summed E-state index contributed by atoms with van der Waals surface area (Å²) in [6.07, 6.45) is -0.560. The van der Waals surface area contributed by atoms with E-state index < -0.39 is 22.1 Å². The van der Waals surface area contributed by atoms with E-state index >= 15 is 0 Å². The number of carbonyl (C=O) groups excluding carboxylic acids is 1. The third-order valence-corrected chi connectivity index (χ3v) is 5.99. The quantitative estimate of drug-likeness (QED) is 0.738. The van der Waals surface area contributed by atoms with Gasteiger partial charge in [0, 0.05) is 24.7 Å². The maximum atomic E-state index is 12.5. The fourth-order valence-electron chi connectivity index (χ4n) is 2.28. The molecule has 134 valence electrons. The van der Waals surface area contributed by atoms with Gasteiger partial charge in [0.1, 0.15) is 6.10 Å². The average Bonchev–Trinajstić information content (AvgIpc) is 2.55. The molecule has 0 bridgehead atoms. The van der Waals surface area contributed by atoms with Crippen LogP contribution in [-0.2, 0) is 14.8 Å². The molecule has 7 heteroatoms. The number of carbonyl (C=O) groups is 1. The second-order valence-corrected chi connectivity index (χ2v) is 8.39. The van der Waals surface area contributed by atoms with E-state index in [9.17, 15) is 13.2 Å². The van der Waals surface area contributed by atoms with Gasteiger partial charge in [-0.3, -0.25) is 0 Å². The third-order valence-electron chi connectivity index (χ3n) is 3.83. The highest BCUT2D eigenvalue weighted by Crippen LogP contribution is 2.27. The monoisotopic (exact) mass is 381 g/mol. The second kappa shape index (κ2) is 7.56. The smallest absolute Gasteiger partial charge is 0.339 e. The van der Waals surface area contributed by atoms with E-state index in [0.717, 1.165) is 4.31 Å². The van der Waals surface area contributed by atoms with Crippen molar-refractivity contribution in [2.45, 2.75) is 24.8 Å². The normalized spacial score (nSPS) is 12.9. The van der Waals surface area contributed by atoms with Gasteiger partial charge in [0.05, 0.1) is 10.5 Å². The Labute approximate surface area is 153 Å². The van der Waals surface area contributed by atoms with Crippen molar-refractivity contribution in [3.05, 3.63) is 64.2 Å². The molecule has 0 amide bonds. The Balaban J connectivity index is 2.32. The number of nitrogens with zero attached hydrogens (tertiary/aromatic N) is 1. The fraction of sp³-hybridized carbons (Fsp3) is 0.278. The van der Waals surface area contributed by atoms with E-state index in [1.54, 1.807) is 44.2 Å². The molecular formula is C18H20ClNO4S. The van der Waals surface area contributed by atoms with Crippen molar-refractivity contribution in [1.82, 2.24) is 4.31 Å². The number of ether oxygens (including phenoxy) is 1. The number of sulfonamides is 1. The molecule has 0 aliphatic rings.